The Kier molecular flexibility index (Phi) is 5.86. The fraction of sp³-hybridized carbons (Fsp3) is 0.0435. The van der Waals surface area contributed by atoms with Crippen LogP contribution in [0.25, 0.3) is 11.0 Å². The Morgan fingerprint density at radius 2 is 1.65 bits per heavy atom. The number of benzene rings is 3. The normalized spacial score (nSPS) is 10.6. The Morgan fingerprint density at radius 3 is 2.42 bits per heavy atom. The molecule has 6 nitrogen and oxygen atoms in total. The van der Waals surface area contributed by atoms with Crippen LogP contribution in [0.4, 0.5) is 15.8 Å². The zero-order chi connectivity index (χ0) is 21.8. The van der Waals surface area contributed by atoms with Gasteiger partial charge in [-0.15, -0.1) is 0 Å². The molecule has 0 unspecified atom stereocenters. The SMILES string of the molecule is O=C(COc1ccc(Cl)cc1)Nc1c(C(=O)Nc2ccccc2F)oc2ccccc12. The number of hydrogen-bond donors (Lipinski definition) is 2. The molecule has 4 rings (SSSR count). The van der Waals surface area contributed by atoms with Crippen molar-refractivity contribution in [3.05, 3.63) is 89.4 Å². The standard InChI is InChI=1S/C23H16ClFN2O4/c24-14-9-11-15(12-10-14)30-13-20(28)27-21-16-5-1-4-8-19(16)31-22(21)23(29)26-18-7-3-2-6-17(18)25/h1-12H,13H2,(H,26,29)(H,27,28). The van der Waals surface area contributed by atoms with E-state index in [-0.39, 0.29) is 23.7 Å². The first-order valence-electron chi connectivity index (χ1n) is 9.27. The predicted molar refractivity (Wildman–Crippen MR) is 116 cm³/mol. The zero-order valence-electron chi connectivity index (χ0n) is 16.0. The average molecular weight is 439 g/mol. The van der Waals surface area contributed by atoms with Gasteiger partial charge in [-0.1, -0.05) is 35.9 Å². The summed E-state index contributed by atoms with van der Waals surface area (Å²) in [6.07, 6.45) is 0. The molecule has 0 saturated heterocycles. The van der Waals surface area contributed by atoms with E-state index >= 15 is 0 Å². The maximum atomic E-state index is 13.9. The summed E-state index contributed by atoms with van der Waals surface area (Å²) in [7, 11) is 0. The zero-order valence-corrected chi connectivity index (χ0v) is 16.8. The summed E-state index contributed by atoms with van der Waals surface area (Å²) in [6.45, 7) is -0.296. The highest BCUT2D eigenvalue weighted by Crippen LogP contribution is 2.31. The highest BCUT2D eigenvalue weighted by atomic mass is 35.5. The van der Waals surface area contributed by atoms with E-state index in [4.69, 9.17) is 20.8 Å². The third kappa shape index (κ3) is 4.67. The van der Waals surface area contributed by atoms with Crippen molar-refractivity contribution in [2.24, 2.45) is 0 Å². The van der Waals surface area contributed by atoms with Crippen LogP contribution in [-0.4, -0.2) is 18.4 Å². The fourth-order valence-corrected chi connectivity index (χ4v) is 3.05. The van der Waals surface area contributed by atoms with Crippen LogP contribution in [0, 0.1) is 5.82 Å². The van der Waals surface area contributed by atoms with Gasteiger partial charge in [0.15, 0.2) is 6.61 Å². The van der Waals surface area contributed by atoms with Crippen LogP contribution in [0.15, 0.2) is 77.2 Å². The Hall–Kier alpha value is -3.84. The molecule has 0 aliphatic carbocycles. The van der Waals surface area contributed by atoms with Crippen molar-refractivity contribution in [3.63, 3.8) is 0 Å². The Balaban J connectivity index is 1.56. The van der Waals surface area contributed by atoms with Gasteiger partial charge < -0.3 is 19.8 Å². The first-order chi connectivity index (χ1) is 15.0. The Labute approximate surface area is 181 Å². The van der Waals surface area contributed by atoms with Crippen LogP contribution >= 0.6 is 11.6 Å². The van der Waals surface area contributed by atoms with E-state index in [2.05, 4.69) is 10.6 Å². The number of anilines is 2. The molecule has 0 radical (unpaired) electrons. The minimum absolute atomic E-state index is 0.00342. The van der Waals surface area contributed by atoms with Crippen molar-refractivity contribution in [2.75, 3.05) is 17.2 Å². The van der Waals surface area contributed by atoms with Crippen LogP contribution < -0.4 is 15.4 Å². The average Bonchev–Trinajstić information content (AvgIpc) is 3.13. The molecular weight excluding hydrogens is 423 g/mol. The molecule has 2 N–H and O–H groups in total. The topological polar surface area (TPSA) is 80.6 Å². The summed E-state index contributed by atoms with van der Waals surface area (Å²) >= 11 is 5.83. The number of para-hydroxylation sites is 2. The fourth-order valence-electron chi connectivity index (χ4n) is 2.93. The molecule has 31 heavy (non-hydrogen) atoms. The third-order valence-corrected chi connectivity index (χ3v) is 4.62. The lowest BCUT2D eigenvalue weighted by Crippen LogP contribution is -2.22. The lowest BCUT2D eigenvalue weighted by atomic mass is 10.2. The highest BCUT2D eigenvalue weighted by Gasteiger charge is 2.23. The van der Waals surface area contributed by atoms with E-state index in [1.807, 2.05) is 0 Å². The van der Waals surface area contributed by atoms with Crippen LogP contribution in [0.1, 0.15) is 10.6 Å². The maximum absolute atomic E-state index is 13.9. The van der Waals surface area contributed by atoms with Crippen molar-refractivity contribution in [1.82, 2.24) is 0 Å². The molecule has 3 aromatic carbocycles. The van der Waals surface area contributed by atoms with E-state index in [9.17, 15) is 14.0 Å². The van der Waals surface area contributed by atoms with Crippen LogP contribution in [0.3, 0.4) is 0 Å². The van der Waals surface area contributed by atoms with Gasteiger partial charge in [0, 0.05) is 10.4 Å². The van der Waals surface area contributed by atoms with E-state index in [1.165, 1.54) is 18.2 Å². The van der Waals surface area contributed by atoms with E-state index in [0.29, 0.717) is 21.7 Å². The van der Waals surface area contributed by atoms with Crippen molar-refractivity contribution < 1.29 is 23.1 Å². The van der Waals surface area contributed by atoms with Crippen LogP contribution in [0.5, 0.6) is 5.75 Å². The van der Waals surface area contributed by atoms with Crippen molar-refractivity contribution >= 4 is 45.8 Å². The summed E-state index contributed by atoms with van der Waals surface area (Å²) in [4.78, 5) is 25.3. The predicted octanol–water partition coefficient (Wildman–Crippen LogP) is 5.50. The molecule has 0 aliphatic rings. The summed E-state index contributed by atoms with van der Waals surface area (Å²) in [5, 5.41) is 6.20. The largest absolute Gasteiger partial charge is 0.484 e. The molecule has 0 fully saturated rings. The molecule has 0 atom stereocenters. The number of ether oxygens (including phenoxy) is 1. The number of rotatable bonds is 6. The first-order valence-corrected chi connectivity index (χ1v) is 9.64. The lowest BCUT2D eigenvalue weighted by molar-refractivity contribution is -0.118. The molecule has 0 aliphatic heterocycles. The van der Waals surface area contributed by atoms with Gasteiger partial charge in [-0.05, 0) is 48.5 Å². The molecule has 1 aromatic heterocycles. The summed E-state index contributed by atoms with van der Waals surface area (Å²) in [6, 6.07) is 19.2. The molecule has 4 aromatic rings. The Morgan fingerprint density at radius 1 is 0.935 bits per heavy atom. The number of carbonyl (C=O) groups excluding carboxylic acids is 2. The molecule has 0 spiro atoms. The smallest absolute Gasteiger partial charge is 0.293 e. The highest BCUT2D eigenvalue weighted by molar-refractivity contribution is 6.30. The van der Waals surface area contributed by atoms with E-state index in [0.717, 1.165) is 0 Å². The molecule has 8 heteroatoms. The first kappa shape index (κ1) is 20.4. The van der Waals surface area contributed by atoms with Gasteiger partial charge in [-0.2, -0.15) is 0 Å². The van der Waals surface area contributed by atoms with Crippen molar-refractivity contribution in [3.8, 4) is 5.75 Å². The molecular formula is C23H16ClFN2O4. The third-order valence-electron chi connectivity index (χ3n) is 4.37. The van der Waals surface area contributed by atoms with Gasteiger partial charge in [0.1, 0.15) is 22.8 Å². The van der Waals surface area contributed by atoms with Gasteiger partial charge in [0.05, 0.1) is 5.69 Å². The number of amides is 2. The van der Waals surface area contributed by atoms with Crippen LogP contribution in [0.2, 0.25) is 5.02 Å². The second kappa shape index (κ2) is 8.89. The molecule has 156 valence electrons. The summed E-state index contributed by atoms with van der Waals surface area (Å²) in [5.74, 6) is -1.47. The molecule has 1 heterocycles. The monoisotopic (exact) mass is 438 g/mol. The lowest BCUT2D eigenvalue weighted by Gasteiger charge is -2.09. The maximum Gasteiger partial charge on any atom is 0.293 e. The number of carbonyl (C=O) groups is 2. The van der Waals surface area contributed by atoms with Crippen molar-refractivity contribution in [2.45, 2.75) is 0 Å². The molecule has 0 bridgehead atoms. The van der Waals surface area contributed by atoms with Crippen molar-refractivity contribution in [1.29, 1.82) is 0 Å². The van der Waals surface area contributed by atoms with Gasteiger partial charge >= 0.3 is 0 Å². The number of fused-ring (bicyclic) bond motifs is 1. The van der Waals surface area contributed by atoms with Crippen LogP contribution in [-0.2, 0) is 4.79 Å². The second-order valence-corrected chi connectivity index (χ2v) is 6.96. The molecule has 2 amide bonds. The minimum atomic E-state index is -0.699. The summed E-state index contributed by atoms with van der Waals surface area (Å²) < 4.78 is 25.0. The van der Waals surface area contributed by atoms with E-state index in [1.54, 1.807) is 54.6 Å². The Bertz CT molecular complexity index is 1250. The number of hydrogen-bond acceptors (Lipinski definition) is 4. The number of halogens is 2. The van der Waals surface area contributed by atoms with Gasteiger partial charge in [-0.3, -0.25) is 9.59 Å². The number of nitrogens with one attached hydrogen (secondary N) is 2. The molecule has 0 saturated carbocycles. The van der Waals surface area contributed by atoms with E-state index < -0.39 is 17.6 Å². The minimum Gasteiger partial charge on any atom is -0.484 e. The second-order valence-electron chi connectivity index (χ2n) is 6.53. The number of furan rings is 1. The quantitative estimate of drug-likeness (QED) is 0.417. The van der Waals surface area contributed by atoms with Gasteiger partial charge in [-0.25, -0.2) is 4.39 Å². The summed E-state index contributed by atoms with van der Waals surface area (Å²) in [5.41, 5.74) is 0.570. The van der Waals surface area contributed by atoms with Gasteiger partial charge in [0.2, 0.25) is 5.76 Å². The van der Waals surface area contributed by atoms with Gasteiger partial charge in [0.25, 0.3) is 11.8 Å².